The first-order chi connectivity index (χ1) is 13.1. The molecule has 0 bridgehead atoms. The molecule has 1 aromatic heterocycles. The zero-order valence-corrected chi connectivity index (χ0v) is 15.8. The van der Waals surface area contributed by atoms with Gasteiger partial charge in [-0.05, 0) is 23.8 Å². The molecule has 4 rings (SSSR count). The maximum absolute atomic E-state index is 11.7. The Bertz CT molecular complexity index is 833. The second kappa shape index (κ2) is 7.48. The van der Waals surface area contributed by atoms with Crippen LogP contribution in [0.5, 0.6) is 11.5 Å². The highest BCUT2D eigenvalue weighted by atomic mass is 16.6. The first-order valence-electron chi connectivity index (χ1n) is 9.20. The van der Waals surface area contributed by atoms with E-state index in [1.165, 1.54) is 16.2 Å². The van der Waals surface area contributed by atoms with Crippen LogP contribution in [0.1, 0.15) is 17.0 Å². The van der Waals surface area contributed by atoms with Gasteiger partial charge in [0.2, 0.25) is 0 Å². The van der Waals surface area contributed by atoms with Gasteiger partial charge in [-0.2, -0.15) is 5.10 Å². The van der Waals surface area contributed by atoms with Gasteiger partial charge >= 0.3 is 6.03 Å². The van der Waals surface area contributed by atoms with Crippen LogP contribution < -0.4 is 14.8 Å². The Balaban J connectivity index is 1.37. The summed E-state index contributed by atoms with van der Waals surface area (Å²) in [6.45, 7) is 5.14. The molecule has 1 aromatic carbocycles. The summed E-state index contributed by atoms with van der Waals surface area (Å²) < 4.78 is 13.3. The normalized spacial score (nSPS) is 15.9. The Morgan fingerprint density at radius 2 is 2.00 bits per heavy atom. The molecule has 0 radical (unpaired) electrons. The molecule has 2 aliphatic rings. The van der Waals surface area contributed by atoms with Crippen molar-refractivity contribution in [2.24, 2.45) is 0 Å². The van der Waals surface area contributed by atoms with Gasteiger partial charge in [0.25, 0.3) is 0 Å². The largest absolute Gasteiger partial charge is 0.486 e. The van der Waals surface area contributed by atoms with Gasteiger partial charge in [0, 0.05) is 33.7 Å². The standard InChI is InChI=1S/C19H25N5O3/c1-22(2)19(25)20-11-15-10-16-13-23(5-6-24(16)21-15)12-14-3-4-17-18(9-14)27-8-7-26-17/h3-4,9-10H,5-8,11-13H2,1-2H3,(H,20,25). The van der Waals surface area contributed by atoms with E-state index in [0.717, 1.165) is 43.4 Å². The number of nitrogens with one attached hydrogen (secondary N) is 1. The van der Waals surface area contributed by atoms with Gasteiger partial charge in [-0.25, -0.2) is 4.79 Å². The number of aromatic nitrogens is 2. The Kier molecular flexibility index (Phi) is 4.89. The molecule has 0 fully saturated rings. The van der Waals surface area contributed by atoms with E-state index in [4.69, 9.17) is 9.47 Å². The summed E-state index contributed by atoms with van der Waals surface area (Å²) in [6, 6.07) is 8.13. The van der Waals surface area contributed by atoms with E-state index in [9.17, 15) is 4.79 Å². The number of urea groups is 1. The van der Waals surface area contributed by atoms with Crippen molar-refractivity contribution in [1.82, 2.24) is 24.9 Å². The van der Waals surface area contributed by atoms with Gasteiger partial charge in [0.15, 0.2) is 11.5 Å². The van der Waals surface area contributed by atoms with Gasteiger partial charge < -0.3 is 19.7 Å². The molecule has 0 saturated carbocycles. The number of hydrogen-bond donors (Lipinski definition) is 1. The van der Waals surface area contributed by atoms with Crippen molar-refractivity contribution < 1.29 is 14.3 Å². The van der Waals surface area contributed by atoms with E-state index in [0.29, 0.717) is 19.8 Å². The molecule has 3 heterocycles. The molecular weight excluding hydrogens is 346 g/mol. The Hall–Kier alpha value is -2.74. The van der Waals surface area contributed by atoms with Crippen LogP contribution in [-0.4, -0.2) is 59.5 Å². The topological polar surface area (TPSA) is 71.9 Å². The molecule has 144 valence electrons. The number of fused-ring (bicyclic) bond motifs is 2. The van der Waals surface area contributed by atoms with Crippen LogP contribution in [0.3, 0.4) is 0 Å². The lowest BCUT2D eigenvalue weighted by Gasteiger charge is -2.28. The average molecular weight is 371 g/mol. The monoisotopic (exact) mass is 371 g/mol. The fraction of sp³-hybridized carbons (Fsp3) is 0.474. The minimum Gasteiger partial charge on any atom is -0.486 e. The highest BCUT2D eigenvalue weighted by Crippen LogP contribution is 2.31. The summed E-state index contributed by atoms with van der Waals surface area (Å²) in [5.41, 5.74) is 3.28. The van der Waals surface area contributed by atoms with E-state index in [1.807, 2.05) is 10.7 Å². The van der Waals surface area contributed by atoms with E-state index in [-0.39, 0.29) is 6.03 Å². The summed E-state index contributed by atoms with van der Waals surface area (Å²) in [5.74, 6) is 1.66. The van der Waals surface area contributed by atoms with Gasteiger partial charge in [0.1, 0.15) is 13.2 Å². The Labute approximate surface area is 158 Å². The fourth-order valence-electron chi connectivity index (χ4n) is 3.37. The molecule has 2 aliphatic heterocycles. The van der Waals surface area contributed by atoms with Crippen LogP contribution in [0, 0.1) is 0 Å². The second-order valence-corrected chi connectivity index (χ2v) is 7.09. The summed E-state index contributed by atoms with van der Waals surface area (Å²) >= 11 is 0. The van der Waals surface area contributed by atoms with Crippen LogP contribution >= 0.6 is 0 Å². The van der Waals surface area contributed by atoms with Crippen LogP contribution in [0.15, 0.2) is 24.3 Å². The summed E-state index contributed by atoms with van der Waals surface area (Å²) in [4.78, 5) is 15.6. The van der Waals surface area contributed by atoms with Crippen LogP contribution in [0.2, 0.25) is 0 Å². The molecule has 1 N–H and O–H groups in total. The molecule has 0 atom stereocenters. The molecule has 0 saturated heterocycles. The number of benzene rings is 1. The highest BCUT2D eigenvalue weighted by Gasteiger charge is 2.20. The predicted octanol–water partition coefficient (Wildman–Crippen LogP) is 1.44. The quantitative estimate of drug-likeness (QED) is 0.881. The number of hydrogen-bond acceptors (Lipinski definition) is 5. The third-order valence-corrected chi connectivity index (χ3v) is 4.77. The number of rotatable bonds is 4. The fourth-order valence-corrected chi connectivity index (χ4v) is 3.37. The van der Waals surface area contributed by atoms with E-state index in [2.05, 4.69) is 33.5 Å². The predicted molar refractivity (Wildman–Crippen MR) is 99.7 cm³/mol. The minimum absolute atomic E-state index is 0.110. The van der Waals surface area contributed by atoms with Crippen molar-refractivity contribution in [1.29, 1.82) is 0 Å². The van der Waals surface area contributed by atoms with Gasteiger partial charge in [-0.15, -0.1) is 0 Å². The van der Waals surface area contributed by atoms with Crippen LogP contribution in [-0.2, 0) is 26.2 Å². The highest BCUT2D eigenvalue weighted by molar-refractivity contribution is 5.73. The van der Waals surface area contributed by atoms with Crippen LogP contribution in [0.25, 0.3) is 0 Å². The number of carbonyl (C=O) groups excluding carboxylic acids is 1. The van der Waals surface area contributed by atoms with Crippen molar-refractivity contribution in [3.8, 4) is 11.5 Å². The maximum atomic E-state index is 11.7. The number of nitrogens with zero attached hydrogens (tertiary/aromatic N) is 4. The first kappa shape index (κ1) is 17.7. The zero-order valence-electron chi connectivity index (χ0n) is 15.8. The van der Waals surface area contributed by atoms with Crippen molar-refractivity contribution in [3.05, 3.63) is 41.2 Å². The maximum Gasteiger partial charge on any atom is 0.317 e. The SMILES string of the molecule is CN(C)C(=O)NCc1cc2n(n1)CCN(Cc1ccc3c(c1)OCCO3)C2. The third kappa shape index (κ3) is 4.00. The molecule has 2 amide bonds. The zero-order chi connectivity index (χ0) is 18.8. The van der Waals surface area contributed by atoms with Gasteiger partial charge in [-0.3, -0.25) is 9.58 Å². The summed E-state index contributed by atoms with van der Waals surface area (Å²) in [7, 11) is 3.45. The van der Waals surface area contributed by atoms with Crippen molar-refractivity contribution >= 4 is 6.03 Å². The lowest BCUT2D eigenvalue weighted by atomic mass is 10.1. The Morgan fingerprint density at radius 3 is 2.81 bits per heavy atom. The first-order valence-corrected chi connectivity index (χ1v) is 9.20. The number of carbonyl (C=O) groups is 1. The van der Waals surface area contributed by atoms with Crippen molar-refractivity contribution in [3.63, 3.8) is 0 Å². The Morgan fingerprint density at radius 1 is 1.19 bits per heavy atom. The smallest absolute Gasteiger partial charge is 0.317 e. The lowest BCUT2D eigenvalue weighted by Crippen LogP contribution is -2.34. The second-order valence-electron chi connectivity index (χ2n) is 7.09. The molecule has 2 aromatic rings. The van der Waals surface area contributed by atoms with Crippen molar-refractivity contribution in [2.75, 3.05) is 33.9 Å². The summed E-state index contributed by atoms with van der Waals surface area (Å²) in [6.07, 6.45) is 0. The molecule has 0 unspecified atom stereocenters. The molecular formula is C19H25N5O3. The molecule has 8 heteroatoms. The van der Waals surface area contributed by atoms with Gasteiger partial charge in [-0.1, -0.05) is 6.07 Å². The third-order valence-electron chi connectivity index (χ3n) is 4.77. The van der Waals surface area contributed by atoms with E-state index in [1.54, 1.807) is 14.1 Å². The van der Waals surface area contributed by atoms with Crippen LogP contribution in [0.4, 0.5) is 4.79 Å². The molecule has 0 spiro atoms. The average Bonchev–Trinajstić information content (AvgIpc) is 3.08. The van der Waals surface area contributed by atoms with E-state index >= 15 is 0 Å². The van der Waals surface area contributed by atoms with E-state index < -0.39 is 0 Å². The number of amides is 2. The number of ether oxygens (including phenoxy) is 2. The molecule has 0 aliphatic carbocycles. The molecule has 8 nitrogen and oxygen atoms in total. The lowest BCUT2D eigenvalue weighted by molar-refractivity contribution is 0.170. The molecule has 27 heavy (non-hydrogen) atoms. The van der Waals surface area contributed by atoms with Gasteiger partial charge in [0.05, 0.1) is 24.5 Å². The summed E-state index contributed by atoms with van der Waals surface area (Å²) in [5, 5.41) is 7.46. The van der Waals surface area contributed by atoms with Crippen molar-refractivity contribution in [2.45, 2.75) is 26.2 Å². The minimum atomic E-state index is -0.110.